The molecule has 15 heteroatoms. The van der Waals surface area contributed by atoms with E-state index in [0.717, 1.165) is 16.8 Å². The summed E-state index contributed by atoms with van der Waals surface area (Å²) in [4.78, 5) is 25.7. The number of alkyl halides is 6. The van der Waals surface area contributed by atoms with Crippen molar-refractivity contribution in [2.24, 2.45) is 5.73 Å². The molecule has 7 nitrogen and oxygen atoms in total. The van der Waals surface area contributed by atoms with E-state index >= 15 is 0 Å². The molecular formula is C22H19F7N4O3S. The minimum Gasteiger partial charge on any atom is -0.478 e. The lowest BCUT2D eigenvalue weighted by Crippen LogP contribution is -2.18. The second-order valence-corrected chi connectivity index (χ2v) is 8.44. The number of carboxylic acid groups (broad SMARTS) is 1. The second-order valence-electron chi connectivity index (χ2n) is 7.49. The minimum atomic E-state index is -4.38. The number of aryl methyl sites for hydroxylation is 2. The van der Waals surface area contributed by atoms with E-state index in [9.17, 15) is 40.3 Å². The summed E-state index contributed by atoms with van der Waals surface area (Å²) in [6, 6.07) is 7.54. The van der Waals surface area contributed by atoms with Gasteiger partial charge in [0, 0.05) is 5.56 Å². The number of carbonyl (C=O) groups is 2. The molecule has 0 aliphatic rings. The molecule has 0 saturated heterocycles. The van der Waals surface area contributed by atoms with E-state index in [2.05, 4.69) is 10.1 Å². The Labute approximate surface area is 209 Å². The van der Waals surface area contributed by atoms with Crippen LogP contribution in [0.1, 0.15) is 37.7 Å². The van der Waals surface area contributed by atoms with Crippen molar-refractivity contribution in [3.63, 3.8) is 0 Å². The summed E-state index contributed by atoms with van der Waals surface area (Å²) in [5, 5.41) is 12.7. The van der Waals surface area contributed by atoms with Gasteiger partial charge in [-0.1, -0.05) is 30.0 Å². The fourth-order valence-electron chi connectivity index (χ4n) is 2.99. The molecule has 3 rings (SSSR count). The summed E-state index contributed by atoms with van der Waals surface area (Å²) in [6.45, 7) is 2.87. The number of benzene rings is 2. The molecule has 1 amide bonds. The Kier molecular flexibility index (Phi) is 9.30. The van der Waals surface area contributed by atoms with E-state index in [1.807, 2.05) is 0 Å². The Bertz CT molecular complexity index is 1290. The number of hydrogen-bond acceptors (Lipinski definition) is 5. The van der Waals surface area contributed by atoms with Gasteiger partial charge in [-0.2, -0.15) is 26.3 Å². The van der Waals surface area contributed by atoms with E-state index in [0.29, 0.717) is 11.8 Å². The Morgan fingerprint density at radius 2 is 1.65 bits per heavy atom. The third-order valence-corrected chi connectivity index (χ3v) is 5.44. The van der Waals surface area contributed by atoms with Gasteiger partial charge in [0.05, 0.1) is 17.7 Å². The van der Waals surface area contributed by atoms with Gasteiger partial charge >= 0.3 is 18.3 Å². The second kappa shape index (κ2) is 11.6. The maximum absolute atomic E-state index is 14.1. The van der Waals surface area contributed by atoms with Crippen molar-refractivity contribution in [1.29, 1.82) is 0 Å². The number of amides is 1. The number of primary amides is 1. The van der Waals surface area contributed by atoms with Crippen LogP contribution in [0.4, 0.5) is 30.7 Å². The normalized spacial score (nSPS) is 11.6. The van der Waals surface area contributed by atoms with Gasteiger partial charge in [-0.3, -0.25) is 4.79 Å². The SMILES string of the molecule is Cc1cc(F)c(-n2nc(SCC(F)(F)F)nc2C)cc1C(=O)O.NC(=O)c1ccccc1CC(F)(F)F. The van der Waals surface area contributed by atoms with Crippen LogP contribution in [0.25, 0.3) is 5.69 Å². The standard InChI is InChI=1S/C13H11F4N3O2S.C9H8F3NO/c1-6-3-9(14)10(4-8(6)11(21)22)20-7(2)18-12(19-20)23-5-13(15,16)17;10-9(11,12)5-6-3-1-2-4-7(6)8(13)14/h3-4H,5H2,1-2H3,(H,21,22);1-4H,5H2,(H2,13,14). The van der Waals surface area contributed by atoms with Crippen molar-refractivity contribution in [2.75, 3.05) is 5.75 Å². The van der Waals surface area contributed by atoms with E-state index in [-0.39, 0.29) is 38.9 Å². The van der Waals surface area contributed by atoms with Crippen LogP contribution >= 0.6 is 11.8 Å². The molecule has 0 spiro atoms. The fraction of sp³-hybridized carbons (Fsp3) is 0.273. The molecular weight excluding hydrogens is 533 g/mol. The van der Waals surface area contributed by atoms with Crippen molar-refractivity contribution in [2.45, 2.75) is 37.8 Å². The van der Waals surface area contributed by atoms with Crippen LogP contribution in [-0.2, 0) is 6.42 Å². The molecule has 0 unspecified atom stereocenters. The first-order chi connectivity index (χ1) is 17.0. The van der Waals surface area contributed by atoms with Crippen LogP contribution in [0, 0.1) is 19.7 Å². The maximum Gasteiger partial charge on any atom is 0.398 e. The number of hydrogen-bond donors (Lipinski definition) is 2. The van der Waals surface area contributed by atoms with Crippen molar-refractivity contribution >= 4 is 23.6 Å². The number of aromatic nitrogens is 3. The number of nitrogens with two attached hydrogens (primary N) is 1. The van der Waals surface area contributed by atoms with Crippen molar-refractivity contribution in [3.05, 3.63) is 70.3 Å². The third-order valence-electron chi connectivity index (χ3n) is 4.54. The smallest absolute Gasteiger partial charge is 0.398 e. The van der Waals surface area contributed by atoms with E-state index in [1.165, 1.54) is 38.1 Å². The Morgan fingerprint density at radius 3 is 2.19 bits per heavy atom. The highest BCUT2D eigenvalue weighted by Crippen LogP contribution is 2.27. The maximum atomic E-state index is 14.1. The van der Waals surface area contributed by atoms with Crippen LogP contribution < -0.4 is 5.73 Å². The zero-order chi connectivity index (χ0) is 28.1. The van der Waals surface area contributed by atoms with Crippen LogP contribution in [0.3, 0.4) is 0 Å². The highest BCUT2D eigenvalue weighted by Gasteiger charge is 2.30. The van der Waals surface area contributed by atoms with Crippen LogP contribution in [0.2, 0.25) is 0 Å². The van der Waals surface area contributed by atoms with Gasteiger partial charge in [0.15, 0.2) is 0 Å². The summed E-state index contributed by atoms with van der Waals surface area (Å²) < 4.78 is 87.8. The lowest BCUT2D eigenvalue weighted by Gasteiger charge is -2.08. The van der Waals surface area contributed by atoms with Gasteiger partial charge in [-0.25, -0.2) is 18.9 Å². The van der Waals surface area contributed by atoms with Gasteiger partial charge in [0.25, 0.3) is 0 Å². The Morgan fingerprint density at radius 1 is 1.03 bits per heavy atom. The Hall–Kier alpha value is -3.62. The average Bonchev–Trinajstić information content (AvgIpc) is 3.11. The monoisotopic (exact) mass is 552 g/mol. The highest BCUT2D eigenvalue weighted by atomic mass is 32.2. The molecule has 1 aromatic heterocycles. The molecule has 0 atom stereocenters. The minimum absolute atomic E-state index is 0.0789. The van der Waals surface area contributed by atoms with E-state index < -0.39 is 42.2 Å². The summed E-state index contributed by atoms with van der Waals surface area (Å²) >= 11 is 0.370. The summed E-state index contributed by atoms with van der Waals surface area (Å²) in [5.41, 5.74) is 4.68. The largest absolute Gasteiger partial charge is 0.478 e. The number of thioether (sulfide) groups is 1. The summed E-state index contributed by atoms with van der Waals surface area (Å²) in [5.74, 6) is -3.85. The first-order valence-corrected chi connectivity index (χ1v) is 11.1. The molecule has 3 N–H and O–H groups in total. The highest BCUT2D eigenvalue weighted by molar-refractivity contribution is 7.99. The quantitative estimate of drug-likeness (QED) is 0.319. The predicted octanol–water partition coefficient (Wildman–Crippen LogP) is 5.27. The van der Waals surface area contributed by atoms with Crippen molar-refractivity contribution in [3.8, 4) is 5.69 Å². The van der Waals surface area contributed by atoms with Gasteiger partial charge in [0.2, 0.25) is 11.1 Å². The topological polar surface area (TPSA) is 111 Å². The molecule has 0 fully saturated rings. The van der Waals surface area contributed by atoms with Gasteiger partial charge in [0.1, 0.15) is 17.3 Å². The number of carbonyl (C=O) groups excluding carboxylic acids is 1. The number of carboxylic acids is 1. The molecule has 1 heterocycles. The zero-order valence-electron chi connectivity index (χ0n) is 19.1. The number of rotatable bonds is 6. The van der Waals surface area contributed by atoms with E-state index in [4.69, 9.17) is 10.8 Å². The van der Waals surface area contributed by atoms with Gasteiger partial charge < -0.3 is 10.8 Å². The molecule has 0 aliphatic carbocycles. The fourth-order valence-corrected chi connectivity index (χ4v) is 3.62. The molecule has 200 valence electrons. The molecule has 0 saturated carbocycles. The zero-order valence-corrected chi connectivity index (χ0v) is 19.9. The first-order valence-electron chi connectivity index (χ1n) is 10.1. The Balaban J connectivity index is 0.000000294. The van der Waals surface area contributed by atoms with Gasteiger partial charge in [-0.05, 0) is 43.2 Å². The van der Waals surface area contributed by atoms with E-state index in [1.54, 1.807) is 0 Å². The molecule has 3 aromatic rings. The summed E-state index contributed by atoms with van der Waals surface area (Å²) in [7, 11) is 0. The van der Waals surface area contributed by atoms with Gasteiger partial charge in [-0.15, -0.1) is 5.10 Å². The lowest BCUT2D eigenvalue weighted by atomic mass is 10.0. The molecule has 37 heavy (non-hydrogen) atoms. The summed E-state index contributed by atoms with van der Waals surface area (Å²) in [6.07, 6.45) is -9.84. The van der Waals surface area contributed by atoms with Crippen LogP contribution in [0.5, 0.6) is 0 Å². The van der Waals surface area contributed by atoms with Crippen molar-refractivity contribution < 1.29 is 45.4 Å². The van der Waals surface area contributed by atoms with Crippen molar-refractivity contribution in [1.82, 2.24) is 14.8 Å². The average molecular weight is 552 g/mol. The molecule has 0 radical (unpaired) electrons. The number of nitrogens with zero attached hydrogens (tertiary/aromatic N) is 3. The lowest BCUT2D eigenvalue weighted by molar-refractivity contribution is -0.127. The predicted molar refractivity (Wildman–Crippen MR) is 119 cm³/mol. The first kappa shape index (κ1) is 29.6. The third kappa shape index (κ3) is 8.77. The molecule has 2 aromatic carbocycles. The number of aromatic carboxylic acids is 1. The van der Waals surface area contributed by atoms with Crippen LogP contribution in [0.15, 0.2) is 41.6 Å². The molecule has 0 aliphatic heterocycles. The molecule has 0 bridgehead atoms. The number of halogens is 7. The van der Waals surface area contributed by atoms with Crippen LogP contribution in [-0.4, -0.2) is 49.9 Å².